The lowest BCUT2D eigenvalue weighted by Crippen LogP contribution is -2.43. The molecule has 0 aromatic carbocycles. The number of nitrogens with one attached hydrogen (secondary N) is 3. The fourth-order valence-electron chi connectivity index (χ4n) is 4.80. The number of methoxy groups -OCH3 is 2. The summed E-state index contributed by atoms with van der Waals surface area (Å²) in [6.07, 6.45) is 0. The smallest absolute Gasteiger partial charge is 0.256 e. The van der Waals surface area contributed by atoms with E-state index in [0.717, 1.165) is 48.7 Å². The molecule has 1 aliphatic rings. The first-order valence-electron chi connectivity index (χ1n) is 11.9. The van der Waals surface area contributed by atoms with E-state index in [2.05, 4.69) is 25.1 Å². The van der Waals surface area contributed by atoms with Crippen molar-refractivity contribution in [2.24, 2.45) is 0 Å². The number of H-pyrrole nitrogens is 1. The molecule has 0 spiro atoms. The van der Waals surface area contributed by atoms with E-state index in [9.17, 15) is 9.59 Å². The van der Waals surface area contributed by atoms with Crippen LogP contribution < -0.4 is 25.8 Å². The Hall–Kier alpha value is -3.37. The third-order valence-corrected chi connectivity index (χ3v) is 6.47. The van der Waals surface area contributed by atoms with E-state index in [0.29, 0.717) is 29.2 Å². The summed E-state index contributed by atoms with van der Waals surface area (Å²) < 4.78 is 12.8. The number of amides is 1. The fourth-order valence-corrected chi connectivity index (χ4v) is 4.80. The molecule has 35 heavy (non-hydrogen) atoms. The number of fused-ring (bicyclic) bond motifs is 1. The molecule has 1 saturated heterocycles. The summed E-state index contributed by atoms with van der Waals surface area (Å²) in [5.41, 5.74) is 2.89. The number of pyridine rings is 2. The van der Waals surface area contributed by atoms with Crippen LogP contribution in [0.15, 0.2) is 23.0 Å². The maximum absolute atomic E-state index is 13.5. The molecule has 4 rings (SSSR count). The monoisotopic (exact) mass is 482 g/mol. The fraction of sp³-hybridized carbons (Fsp3) is 0.480. The third kappa shape index (κ3) is 4.89. The predicted octanol–water partition coefficient (Wildman–Crippen LogP) is 1.90. The minimum Gasteiger partial charge on any atom is -0.496 e. The highest BCUT2D eigenvalue weighted by Gasteiger charge is 2.25. The maximum Gasteiger partial charge on any atom is 0.256 e. The Labute approximate surface area is 204 Å². The second kappa shape index (κ2) is 10.5. The van der Waals surface area contributed by atoms with Gasteiger partial charge in [-0.25, -0.2) is 4.98 Å². The molecular formula is C25H34N6O4. The number of ether oxygens (including phenoxy) is 2. The van der Waals surface area contributed by atoms with Crippen molar-refractivity contribution in [3.63, 3.8) is 0 Å². The zero-order chi connectivity index (χ0) is 25.1. The summed E-state index contributed by atoms with van der Waals surface area (Å²) in [6, 6.07) is 5.67. The van der Waals surface area contributed by atoms with Gasteiger partial charge in [-0.3, -0.25) is 9.59 Å². The van der Waals surface area contributed by atoms with Crippen LogP contribution >= 0.6 is 0 Å². The minimum absolute atomic E-state index is 0.0186. The number of aromatic amines is 1. The van der Waals surface area contributed by atoms with Gasteiger partial charge in [-0.1, -0.05) is 0 Å². The summed E-state index contributed by atoms with van der Waals surface area (Å²) >= 11 is 0. The molecule has 4 heterocycles. The van der Waals surface area contributed by atoms with Crippen molar-refractivity contribution in [3.8, 4) is 5.75 Å². The summed E-state index contributed by atoms with van der Waals surface area (Å²) in [5, 5.41) is 7.05. The Balaban J connectivity index is 1.72. The Bertz CT molecular complexity index is 1280. The normalized spacial score (nSPS) is 14.8. The number of anilines is 1. The van der Waals surface area contributed by atoms with E-state index in [-0.39, 0.29) is 24.1 Å². The molecule has 0 bridgehead atoms. The number of aromatic nitrogens is 3. The number of aryl methyl sites for hydroxylation is 1. The first kappa shape index (κ1) is 24.7. The van der Waals surface area contributed by atoms with Crippen LogP contribution in [0.4, 0.5) is 5.82 Å². The Morgan fingerprint density at radius 3 is 2.66 bits per heavy atom. The first-order valence-corrected chi connectivity index (χ1v) is 11.9. The average molecular weight is 483 g/mol. The van der Waals surface area contributed by atoms with E-state index in [1.165, 1.54) is 7.11 Å². The third-order valence-electron chi connectivity index (χ3n) is 6.47. The second-order valence-corrected chi connectivity index (χ2v) is 8.92. The van der Waals surface area contributed by atoms with Crippen molar-refractivity contribution >= 4 is 22.8 Å². The van der Waals surface area contributed by atoms with E-state index in [1.807, 2.05) is 26.0 Å². The molecule has 0 radical (unpaired) electrons. The molecule has 10 heteroatoms. The van der Waals surface area contributed by atoms with Crippen molar-refractivity contribution in [1.82, 2.24) is 25.2 Å². The van der Waals surface area contributed by atoms with Crippen molar-refractivity contribution < 1.29 is 14.3 Å². The first-order chi connectivity index (χ1) is 16.8. The SMILES string of the molecule is COCC(C)n1c(C)c(C(=O)NCc2c(OC)cc(C)[nH]c2=O)c2ccc(N3CCNCC3)nc21. The molecule has 3 aromatic heterocycles. The molecule has 1 amide bonds. The van der Waals surface area contributed by atoms with Crippen molar-refractivity contribution in [1.29, 1.82) is 0 Å². The highest BCUT2D eigenvalue weighted by Crippen LogP contribution is 2.30. The van der Waals surface area contributed by atoms with Gasteiger partial charge in [0.05, 0.1) is 37.4 Å². The van der Waals surface area contributed by atoms with Crippen LogP contribution in [0.1, 0.15) is 40.3 Å². The van der Waals surface area contributed by atoms with Gasteiger partial charge in [0, 0.05) is 50.1 Å². The van der Waals surface area contributed by atoms with Gasteiger partial charge in [-0.15, -0.1) is 0 Å². The molecule has 3 aromatic rings. The largest absolute Gasteiger partial charge is 0.496 e. The number of nitrogens with zero attached hydrogens (tertiary/aromatic N) is 3. The van der Waals surface area contributed by atoms with Gasteiger partial charge in [0.25, 0.3) is 11.5 Å². The predicted molar refractivity (Wildman–Crippen MR) is 136 cm³/mol. The minimum atomic E-state index is -0.280. The number of carbonyl (C=O) groups excluding carboxylic acids is 1. The molecule has 1 unspecified atom stereocenters. The van der Waals surface area contributed by atoms with Crippen LogP contribution in [-0.4, -0.2) is 67.4 Å². The zero-order valence-electron chi connectivity index (χ0n) is 21.0. The van der Waals surface area contributed by atoms with Crippen molar-refractivity contribution in [2.75, 3.05) is 51.9 Å². The van der Waals surface area contributed by atoms with E-state index < -0.39 is 0 Å². The van der Waals surface area contributed by atoms with Crippen LogP contribution in [0.25, 0.3) is 11.0 Å². The lowest BCUT2D eigenvalue weighted by molar-refractivity contribution is 0.0951. The molecule has 3 N–H and O–H groups in total. The number of carbonyl (C=O) groups is 1. The molecule has 0 saturated carbocycles. The molecule has 1 fully saturated rings. The van der Waals surface area contributed by atoms with E-state index in [4.69, 9.17) is 14.5 Å². The molecule has 0 aliphatic carbocycles. The van der Waals surface area contributed by atoms with Crippen LogP contribution in [0.5, 0.6) is 5.75 Å². The molecule has 188 valence electrons. The van der Waals surface area contributed by atoms with Crippen LogP contribution in [0.3, 0.4) is 0 Å². The topological polar surface area (TPSA) is 114 Å². The van der Waals surface area contributed by atoms with Gasteiger partial charge in [-0.05, 0) is 39.0 Å². The summed E-state index contributed by atoms with van der Waals surface area (Å²) in [4.78, 5) is 35.9. The van der Waals surface area contributed by atoms with E-state index >= 15 is 0 Å². The van der Waals surface area contributed by atoms with Crippen LogP contribution in [-0.2, 0) is 11.3 Å². The van der Waals surface area contributed by atoms with Gasteiger partial charge >= 0.3 is 0 Å². The van der Waals surface area contributed by atoms with Gasteiger partial charge in [0.2, 0.25) is 0 Å². The second-order valence-electron chi connectivity index (χ2n) is 8.92. The molecular weight excluding hydrogens is 448 g/mol. The summed E-state index contributed by atoms with van der Waals surface area (Å²) in [6.45, 7) is 9.88. The van der Waals surface area contributed by atoms with Gasteiger partial charge in [0.15, 0.2) is 0 Å². The lowest BCUT2D eigenvalue weighted by Gasteiger charge is -2.28. The summed E-state index contributed by atoms with van der Waals surface area (Å²) in [5.74, 6) is 1.07. The maximum atomic E-state index is 13.5. The number of hydrogen-bond donors (Lipinski definition) is 3. The highest BCUT2D eigenvalue weighted by molar-refractivity contribution is 6.08. The molecule has 1 atom stereocenters. The lowest BCUT2D eigenvalue weighted by atomic mass is 10.1. The van der Waals surface area contributed by atoms with Gasteiger partial charge < -0.3 is 34.6 Å². The Morgan fingerprint density at radius 2 is 1.97 bits per heavy atom. The standard InChI is InChI=1S/C25H34N6O4/c1-15-12-20(35-5)19(24(32)28-15)13-27-25(33)22-17(3)31(16(2)14-34-4)23-18(22)6-7-21(29-23)30-10-8-26-9-11-30/h6-7,12,16,26H,8-11,13-14H2,1-5H3,(H,27,33)(H,28,32). The van der Waals surface area contributed by atoms with Crippen LogP contribution in [0.2, 0.25) is 0 Å². The number of piperazine rings is 1. The number of rotatable bonds is 8. The zero-order valence-corrected chi connectivity index (χ0v) is 21.0. The van der Waals surface area contributed by atoms with Crippen molar-refractivity contribution in [3.05, 3.63) is 51.1 Å². The number of hydrogen-bond acceptors (Lipinski definition) is 7. The summed E-state index contributed by atoms with van der Waals surface area (Å²) in [7, 11) is 3.17. The van der Waals surface area contributed by atoms with Gasteiger partial charge in [0.1, 0.15) is 17.2 Å². The quantitative estimate of drug-likeness (QED) is 0.449. The van der Waals surface area contributed by atoms with E-state index in [1.54, 1.807) is 20.1 Å². The average Bonchev–Trinajstić information content (AvgIpc) is 3.14. The Morgan fingerprint density at radius 1 is 1.23 bits per heavy atom. The van der Waals surface area contributed by atoms with Crippen LogP contribution in [0, 0.1) is 13.8 Å². The van der Waals surface area contributed by atoms with Gasteiger partial charge in [-0.2, -0.15) is 0 Å². The molecule has 10 nitrogen and oxygen atoms in total. The Kier molecular flexibility index (Phi) is 7.42. The highest BCUT2D eigenvalue weighted by atomic mass is 16.5. The van der Waals surface area contributed by atoms with Crippen molar-refractivity contribution in [2.45, 2.75) is 33.4 Å². The molecule has 1 aliphatic heterocycles.